The van der Waals surface area contributed by atoms with Crippen LogP contribution in [0.1, 0.15) is 25.3 Å². The SMILES string of the molecule is CNC(=O)Cc1ccccc1NC1CCN(C)C(C)C1. The Labute approximate surface area is 121 Å². The van der Waals surface area contributed by atoms with Gasteiger partial charge in [-0.3, -0.25) is 4.79 Å². The van der Waals surface area contributed by atoms with Gasteiger partial charge in [-0.05, 0) is 38.4 Å². The normalized spacial score (nSPS) is 23.4. The number of hydrogen-bond donors (Lipinski definition) is 2. The summed E-state index contributed by atoms with van der Waals surface area (Å²) in [6, 6.07) is 9.20. The number of amides is 1. The fraction of sp³-hybridized carbons (Fsp3) is 0.562. The van der Waals surface area contributed by atoms with E-state index in [2.05, 4.69) is 35.6 Å². The smallest absolute Gasteiger partial charge is 0.224 e. The summed E-state index contributed by atoms with van der Waals surface area (Å²) in [5.74, 6) is 0.0518. The average molecular weight is 275 g/mol. The van der Waals surface area contributed by atoms with Crippen molar-refractivity contribution in [2.45, 2.75) is 38.3 Å². The van der Waals surface area contributed by atoms with Crippen molar-refractivity contribution in [3.05, 3.63) is 29.8 Å². The van der Waals surface area contributed by atoms with Gasteiger partial charge in [-0.25, -0.2) is 0 Å². The molecule has 1 aromatic rings. The molecular formula is C16H25N3O. The summed E-state index contributed by atoms with van der Waals surface area (Å²) in [6.07, 6.45) is 2.72. The zero-order valence-corrected chi connectivity index (χ0v) is 12.6. The molecule has 0 spiro atoms. The van der Waals surface area contributed by atoms with Crippen molar-refractivity contribution in [3.63, 3.8) is 0 Å². The Bertz CT molecular complexity index is 461. The van der Waals surface area contributed by atoms with E-state index in [1.807, 2.05) is 18.2 Å². The molecule has 2 unspecified atom stereocenters. The van der Waals surface area contributed by atoms with Crippen molar-refractivity contribution in [1.29, 1.82) is 0 Å². The monoisotopic (exact) mass is 275 g/mol. The molecule has 20 heavy (non-hydrogen) atoms. The number of carbonyl (C=O) groups excluding carboxylic acids is 1. The van der Waals surface area contributed by atoms with Crippen LogP contribution in [0.2, 0.25) is 0 Å². The highest BCUT2D eigenvalue weighted by atomic mass is 16.1. The Hall–Kier alpha value is -1.55. The molecule has 0 saturated carbocycles. The van der Waals surface area contributed by atoms with Gasteiger partial charge in [-0.2, -0.15) is 0 Å². The average Bonchev–Trinajstić information content (AvgIpc) is 2.45. The summed E-state index contributed by atoms with van der Waals surface area (Å²) in [5, 5.41) is 6.31. The minimum absolute atomic E-state index is 0.0518. The van der Waals surface area contributed by atoms with Crippen molar-refractivity contribution in [3.8, 4) is 0 Å². The van der Waals surface area contributed by atoms with E-state index in [-0.39, 0.29) is 5.91 Å². The molecule has 1 aliphatic heterocycles. The molecule has 1 aliphatic rings. The summed E-state index contributed by atoms with van der Waals surface area (Å²) < 4.78 is 0. The number of para-hydroxylation sites is 1. The summed E-state index contributed by atoms with van der Waals surface area (Å²) in [5.41, 5.74) is 2.16. The van der Waals surface area contributed by atoms with Gasteiger partial charge in [0.05, 0.1) is 6.42 Å². The quantitative estimate of drug-likeness (QED) is 0.881. The predicted octanol–water partition coefficient (Wildman–Crippen LogP) is 1.87. The lowest BCUT2D eigenvalue weighted by atomic mass is 9.98. The van der Waals surface area contributed by atoms with Crippen molar-refractivity contribution >= 4 is 11.6 Å². The zero-order valence-electron chi connectivity index (χ0n) is 12.6. The second kappa shape index (κ2) is 6.75. The molecule has 0 radical (unpaired) electrons. The second-order valence-corrected chi connectivity index (χ2v) is 5.70. The van der Waals surface area contributed by atoms with Crippen molar-refractivity contribution in [2.24, 2.45) is 0 Å². The number of likely N-dealkylation sites (tertiary alicyclic amines) is 1. The van der Waals surface area contributed by atoms with Crippen LogP contribution in [-0.4, -0.2) is 43.5 Å². The number of benzene rings is 1. The third-order valence-corrected chi connectivity index (χ3v) is 4.22. The minimum Gasteiger partial charge on any atom is -0.382 e. The van der Waals surface area contributed by atoms with Crippen LogP contribution in [-0.2, 0) is 11.2 Å². The van der Waals surface area contributed by atoms with Crippen LogP contribution < -0.4 is 10.6 Å². The second-order valence-electron chi connectivity index (χ2n) is 5.70. The molecule has 1 fully saturated rings. The Morgan fingerprint density at radius 1 is 1.40 bits per heavy atom. The largest absolute Gasteiger partial charge is 0.382 e. The summed E-state index contributed by atoms with van der Waals surface area (Å²) in [7, 11) is 3.86. The third-order valence-electron chi connectivity index (χ3n) is 4.22. The number of piperidine rings is 1. The van der Waals surface area contributed by atoms with Crippen LogP contribution in [0.15, 0.2) is 24.3 Å². The first-order valence-electron chi connectivity index (χ1n) is 7.35. The number of nitrogens with one attached hydrogen (secondary N) is 2. The van der Waals surface area contributed by atoms with E-state index < -0.39 is 0 Å². The van der Waals surface area contributed by atoms with Gasteiger partial charge in [-0.1, -0.05) is 18.2 Å². The lowest BCUT2D eigenvalue weighted by molar-refractivity contribution is -0.119. The minimum atomic E-state index is 0.0518. The molecule has 2 atom stereocenters. The summed E-state index contributed by atoms with van der Waals surface area (Å²) in [4.78, 5) is 14.0. The van der Waals surface area contributed by atoms with Crippen molar-refractivity contribution in [2.75, 3.05) is 26.0 Å². The van der Waals surface area contributed by atoms with E-state index in [9.17, 15) is 4.79 Å². The Kier molecular flexibility index (Phi) is 5.01. The Balaban J connectivity index is 2.03. The highest BCUT2D eigenvalue weighted by Crippen LogP contribution is 2.22. The zero-order chi connectivity index (χ0) is 14.5. The number of rotatable bonds is 4. The van der Waals surface area contributed by atoms with Gasteiger partial charge in [0.2, 0.25) is 5.91 Å². The molecule has 0 aliphatic carbocycles. The number of nitrogens with zero attached hydrogens (tertiary/aromatic N) is 1. The van der Waals surface area contributed by atoms with E-state index in [1.165, 1.54) is 0 Å². The van der Waals surface area contributed by atoms with E-state index in [1.54, 1.807) is 7.05 Å². The van der Waals surface area contributed by atoms with Crippen molar-refractivity contribution < 1.29 is 4.79 Å². The van der Waals surface area contributed by atoms with Crippen LogP contribution >= 0.6 is 0 Å². The van der Waals surface area contributed by atoms with Crippen LogP contribution in [0.3, 0.4) is 0 Å². The van der Waals surface area contributed by atoms with Gasteiger partial charge in [-0.15, -0.1) is 0 Å². The van der Waals surface area contributed by atoms with Crippen molar-refractivity contribution in [1.82, 2.24) is 10.2 Å². The van der Waals surface area contributed by atoms with E-state index in [4.69, 9.17) is 0 Å². The molecule has 1 amide bonds. The molecule has 4 nitrogen and oxygen atoms in total. The Morgan fingerprint density at radius 2 is 2.15 bits per heavy atom. The van der Waals surface area contributed by atoms with Gasteiger partial charge >= 0.3 is 0 Å². The van der Waals surface area contributed by atoms with Gasteiger partial charge in [0.15, 0.2) is 0 Å². The topological polar surface area (TPSA) is 44.4 Å². The number of hydrogen-bond acceptors (Lipinski definition) is 3. The van der Waals surface area contributed by atoms with Gasteiger partial charge < -0.3 is 15.5 Å². The molecule has 1 saturated heterocycles. The van der Waals surface area contributed by atoms with Crippen LogP contribution in [0.5, 0.6) is 0 Å². The molecular weight excluding hydrogens is 250 g/mol. The Morgan fingerprint density at radius 3 is 2.85 bits per heavy atom. The number of likely N-dealkylation sites (N-methyl/N-ethyl adjacent to an activating group) is 1. The molecule has 2 N–H and O–H groups in total. The van der Waals surface area contributed by atoms with Gasteiger partial charge in [0.25, 0.3) is 0 Å². The maximum atomic E-state index is 11.6. The molecule has 110 valence electrons. The number of carbonyl (C=O) groups is 1. The molecule has 0 aromatic heterocycles. The highest BCUT2D eigenvalue weighted by Gasteiger charge is 2.23. The highest BCUT2D eigenvalue weighted by molar-refractivity contribution is 5.80. The predicted molar refractivity (Wildman–Crippen MR) is 82.9 cm³/mol. The van der Waals surface area contributed by atoms with Crippen LogP contribution in [0.4, 0.5) is 5.69 Å². The lowest BCUT2D eigenvalue weighted by Gasteiger charge is -2.36. The van der Waals surface area contributed by atoms with Crippen LogP contribution in [0, 0.1) is 0 Å². The maximum absolute atomic E-state index is 11.6. The maximum Gasteiger partial charge on any atom is 0.224 e. The molecule has 0 bridgehead atoms. The first-order chi connectivity index (χ1) is 9.60. The van der Waals surface area contributed by atoms with E-state index >= 15 is 0 Å². The number of anilines is 1. The van der Waals surface area contributed by atoms with Gasteiger partial charge in [0, 0.05) is 31.4 Å². The first kappa shape index (κ1) is 14.9. The fourth-order valence-electron chi connectivity index (χ4n) is 2.72. The summed E-state index contributed by atoms with van der Waals surface area (Å²) >= 11 is 0. The van der Waals surface area contributed by atoms with Gasteiger partial charge in [0.1, 0.15) is 0 Å². The molecule has 4 heteroatoms. The molecule has 1 aromatic carbocycles. The fourth-order valence-corrected chi connectivity index (χ4v) is 2.72. The van der Waals surface area contributed by atoms with E-state index in [0.29, 0.717) is 18.5 Å². The first-order valence-corrected chi connectivity index (χ1v) is 7.35. The molecule has 1 heterocycles. The molecule has 2 rings (SSSR count). The third kappa shape index (κ3) is 3.73. The van der Waals surface area contributed by atoms with E-state index in [0.717, 1.165) is 30.6 Å². The summed E-state index contributed by atoms with van der Waals surface area (Å²) in [6.45, 7) is 3.39. The lowest BCUT2D eigenvalue weighted by Crippen LogP contribution is -2.42. The standard InChI is InChI=1S/C16H25N3O/c1-12-10-14(8-9-19(12)3)18-15-7-5-4-6-13(15)11-16(20)17-2/h4-7,12,14,18H,8-11H2,1-3H3,(H,17,20). The van der Waals surface area contributed by atoms with Crippen LogP contribution in [0.25, 0.3) is 0 Å².